The summed E-state index contributed by atoms with van der Waals surface area (Å²) in [6.45, 7) is 2.77. The van der Waals surface area contributed by atoms with E-state index in [1.807, 2.05) is 18.2 Å². The number of aromatic nitrogens is 1. The van der Waals surface area contributed by atoms with Crippen LogP contribution in [0.3, 0.4) is 0 Å². The number of carbonyl (C=O) groups excluding carboxylic acids is 2. The highest BCUT2D eigenvalue weighted by Gasteiger charge is 2.39. The SMILES string of the molecule is CC(=O)Nc1ccc2c(c1)CCN2[C@H]1CCN(c2ccc(S(=O)(=O)Nc3nccs3)cc2)C1=O. The van der Waals surface area contributed by atoms with Crippen LogP contribution in [0, 0.1) is 0 Å². The number of anilines is 4. The number of rotatable bonds is 6. The minimum absolute atomic E-state index is 0.00435. The zero-order valence-corrected chi connectivity index (χ0v) is 20.0. The molecule has 0 saturated carbocycles. The quantitative estimate of drug-likeness (QED) is 0.541. The first-order valence-electron chi connectivity index (χ1n) is 10.8. The van der Waals surface area contributed by atoms with Gasteiger partial charge in [-0.3, -0.25) is 14.3 Å². The van der Waals surface area contributed by atoms with Crippen LogP contribution in [0.2, 0.25) is 0 Å². The summed E-state index contributed by atoms with van der Waals surface area (Å²) in [5.74, 6) is -0.121. The molecular weight excluding hydrogens is 474 g/mol. The van der Waals surface area contributed by atoms with Gasteiger partial charge in [-0.1, -0.05) is 0 Å². The second-order valence-corrected chi connectivity index (χ2v) is 10.8. The van der Waals surface area contributed by atoms with Gasteiger partial charge in [0, 0.05) is 48.7 Å². The number of benzene rings is 2. The van der Waals surface area contributed by atoms with Crippen molar-refractivity contribution in [2.75, 3.05) is 32.9 Å². The monoisotopic (exact) mass is 497 g/mol. The molecule has 11 heteroatoms. The van der Waals surface area contributed by atoms with Gasteiger partial charge in [-0.15, -0.1) is 11.3 Å². The minimum Gasteiger partial charge on any atom is -0.359 e. The van der Waals surface area contributed by atoms with Crippen LogP contribution in [0.5, 0.6) is 0 Å². The molecule has 0 bridgehead atoms. The smallest absolute Gasteiger partial charge is 0.263 e. The van der Waals surface area contributed by atoms with E-state index < -0.39 is 10.0 Å². The lowest BCUT2D eigenvalue weighted by molar-refractivity contribution is -0.118. The number of sulfonamides is 1. The number of fused-ring (bicyclic) bond motifs is 1. The molecule has 1 saturated heterocycles. The molecule has 176 valence electrons. The first-order chi connectivity index (χ1) is 16.3. The Morgan fingerprint density at radius 3 is 2.65 bits per heavy atom. The number of carbonyl (C=O) groups is 2. The Labute approximate surface area is 201 Å². The number of nitrogens with zero attached hydrogens (tertiary/aromatic N) is 3. The van der Waals surface area contributed by atoms with Crippen LogP contribution in [-0.2, 0) is 26.0 Å². The Morgan fingerprint density at radius 2 is 1.94 bits per heavy atom. The van der Waals surface area contributed by atoms with Crippen molar-refractivity contribution in [3.8, 4) is 0 Å². The molecule has 2 amide bonds. The standard InChI is InChI=1S/C23H23N5O4S2/c1-15(29)25-17-2-7-20-16(14-17)8-11-28(20)21-9-12-27(22(21)30)18-3-5-19(6-4-18)34(31,32)26-23-24-10-13-33-23/h2-7,10,13-14,21H,8-9,11-12H2,1H3,(H,24,26)(H,25,29)/t21-/m0/s1. The van der Waals surface area contributed by atoms with Gasteiger partial charge in [-0.2, -0.15) is 0 Å². The zero-order valence-electron chi connectivity index (χ0n) is 18.4. The van der Waals surface area contributed by atoms with Crippen molar-refractivity contribution in [3.05, 3.63) is 59.6 Å². The van der Waals surface area contributed by atoms with Crippen LogP contribution < -0.4 is 19.8 Å². The molecule has 1 fully saturated rings. The van der Waals surface area contributed by atoms with Crippen LogP contribution in [-0.4, -0.2) is 44.3 Å². The van der Waals surface area contributed by atoms with Gasteiger partial charge in [-0.25, -0.2) is 13.4 Å². The van der Waals surface area contributed by atoms with Gasteiger partial charge in [0.15, 0.2) is 5.13 Å². The topological polar surface area (TPSA) is 112 Å². The second-order valence-electron chi connectivity index (χ2n) is 8.20. The van der Waals surface area contributed by atoms with Crippen molar-refractivity contribution in [1.29, 1.82) is 0 Å². The summed E-state index contributed by atoms with van der Waals surface area (Å²) in [5.41, 5.74) is 3.55. The van der Waals surface area contributed by atoms with E-state index in [1.165, 1.54) is 36.6 Å². The maximum atomic E-state index is 13.3. The number of thiazole rings is 1. The van der Waals surface area contributed by atoms with Crippen molar-refractivity contribution < 1.29 is 18.0 Å². The summed E-state index contributed by atoms with van der Waals surface area (Å²) in [6, 6.07) is 11.8. The summed E-state index contributed by atoms with van der Waals surface area (Å²) in [6.07, 6.45) is 3.02. The summed E-state index contributed by atoms with van der Waals surface area (Å²) < 4.78 is 27.6. The molecule has 3 heterocycles. The van der Waals surface area contributed by atoms with Gasteiger partial charge in [-0.05, 0) is 60.9 Å². The number of hydrogen-bond donors (Lipinski definition) is 2. The van der Waals surface area contributed by atoms with E-state index in [2.05, 4.69) is 19.9 Å². The van der Waals surface area contributed by atoms with Crippen LogP contribution >= 0.6 is 11.3 Å². The molecule has 2 aromatic carbocycles. The maximum absolute atomic E-state index is 13.3. The third-order valence-corrected chi connectivity index (χ3v) is 8.17. The molecule has 34 heavy (non-hydrogen) atoms. The first-order valence-corrected chi connectivity index (χ1v) is 13.2. The highest BCUT2D eigenvalue weighted by Crippen LogP contribution is 2.35. The van der Waals surface area contributed by atoms with Crippen molar-refractivity contribution in [3.63, 3.8) is 0 Å². The normalized spacial score (nSPS) is 17.7. The molecule has 2 aliphatic heterocycles. The van der Waals surface area contributed by atoms with Crippen molar-refractivity contribution in [2.24, 2.45) is 0 Å². The molecule has 2 N–H and O–H groups in total. The predicted octanol–water partition coefficient (Wildman–Crippen LogP) is 3.07. The average Bonchev–Trinajstić information content (AvgIpc) is 3.53. The van der Waals surface area contributed by atoms with Gasteiger partial charge < -0.3 is 15.1 Å². The molecule has 0 radical (unpaired) electrons. The van der Waals surface area contributed by atoms with Crippen LogP contribution in [0.15, 0.2) is 58.9 Å². The van der Waals surface area contributed by atoms with Crippen molar-refractivity contribution in [2.45, 2.75) is 30.7 Å². The number of hydrogen-bond acceptors (Lipinski definition) is 7. The lowest BCUT2D eigenvalue weighted by atomic mass is 10.1. The summed E-state index contributed by atoms with van der Waals surface area (Å²) in [7, 11) is -3.75. The Bertz CT molecular complexity index is 1340. The number of nitrogens with one attached hydrogen (secondary N) is 2. The highest BCUT2D eigenvalue weighted by atomic mass is 32.2. The Hall–Kier alpha value is -3.44. The van der Waals surface area contributed by atoms with Crippen LogP contribution in [0.25, 0.3) is 0 Å². The second kappa shape index (κ2) is 8.73. The largest absolute Gasteiger partial charge is 0.359 e. The van der Waals surface area contributed by atoms with E-state index in [0.29, 0.717) is 23.8 Å². The zero-order chi connectivity index (χ0) is 23.9. The third-order valence-electron chi connectivity index (χ3n) is 6.00. The fourth-order valence-electron chi connectivity index (χ4n) is 4.50. The fraction of sp³-hybridized carbons (Fsp3) is 0.261. The minimum atomic E-state index is -3.75. The Morgan fingerprint density at radius 1 is 1.15 bits per heavy atom. The van der Waals surface area contributed by atoms with Gasteiger partial charge >= 0.3 is 0 Å². The molecular formula is C23H23N5O4S2. The summed E-state index contributed by atoms with van der Waals surface area (Å²) >= 11 is 1.20. The van der Waals surface area contributed by atoms with E-state index in [0.717, 1.165) is 29.9 Å². The molecule has 2 aliphatic rings. The molecule has 0 aliphatic carbocycles. The van der Waals surface area contributed by atoms with E-state index >= 15 is 0 Å². The third kappa shape index (κ3) is 4.24. The molecule has 0 unspecified atom stereocenters. The van der Waals surface area contributed by atoms with Crippen LogP contribution in [0.4, 0.5) is 22.2 Å². The first kappa shape index (κ1) is 22.4. The lowest BCUT2D eigenvalue weighted by Gasteiger charge is -2.26. The van der Waals surface area contributed by atoms with E-state index in [1.54, 1.807) is 22.4 Å². The van der Waals surface area contributed by atoms with E-state index in [-0.39, 0.29) is 22.8 Å². The number of amides is 2. The summed E-state index contributed by atoms with van der Waals surface area (Å²) in [5, 5.41) is 4.79. The van der Waals surface area contributed by atoms with Crippen LogP contribution in [0.1, 0.15) is 18.9 Å². The molecule has 3 aromatic rings. The fourth-order valence-corrected chi connectivity index (χ4v) is 6.28. The van der Waals surface area contributed by atoms with Gasteiger partial charge in [0.1, 0.15) is 6.04 Å². The van der Waals surface area contributed by atoms with Crippen molar-refractivity contribution >= 4 is 55.4 Å². The molecule has 5 rings (SSSR count). The highest BCUT2D eigenvalue weighted by molar-refractivity contribution is 7.93. The average molecular weight is 498 g/mol. The van der Waals surface area contributed by atoms with E-state index in [9.17, 15) is 18.0 Å². The maximum Gasteiger partial charge on any atom is 0.263 e. The van der Waals surface area contributed by atoms with E-state index in [4.69, 9.17) is 0 Å². The van der Waals surface area contributed by atoms with Crippen molar-refractivity contribution in [1.82, 2.24) is 4.98 Å². The van der Waals surface area contributed by atoms with Gasteiger partial charge in [0.2, 0.25) is 11.8 Å². The molecule has 0 spiro atoms. The summed E-state index contributed by atoms with van der Waals surface area (Å²) in [4.78, 5) is 32.5. The Kier molecular flexibility index (Phi) is 5.74. The van der Waals surface area contributed by atoms with Gasteiger partial charge in [0.25, 0.3) is 10.0 Å². The lowest BCUT2D eigenvalue weighted by Crippen LogP contribution is -2.41. The van der Waals surface area contributed by atoms with Gasteiger partial charge in [0.05, 0.1) is 4.90 Å². The Balaban J connectivity index is 1.30. The molecule has 9 nitrogen and oxygen atoms in total. The molecule has 1 aromatic heterocycles. The predicted molar refractivity (Wildman–Crippen MR) is 132 cm³/mol. The molecule has 1 atom stereocenters.